The monoisotopic (exact) mass is 632 g/mol. The highest BCUT2D eigenvalue weighted by Crippen LogP contribution is 2.36. The van der Waals surface area contributed by atoms with Gasteiger partial charge in [0, 0.05) is 15.6 Å². The quantitative estimate of drug-likeness (QED) is 0.270. The van der Waals surface area contributed by atoms with Gasteiger partial charge in [-0.15, -0.1) is 0 Å². The van der Waals surface area contributed by atoms with Crippen molar-refractivity contribution in [3.8, 4) is 11.5 Å². The molecule has 0 spiro atoms. The van der Waals surface area contributed by atoms with Crippen molar-refractivity contribution in [2.24, 2.45) is 4.99 Å². The zero-order chi connectivity index (χ0) is 29.3. The molecule has 0 aliphatic carbocycles. The summed E-state index contributed by atoms with van der Waals surface area (Å²) < 4.78 is 13.4. The number of phenols is 1. The molecule has 0 saturated heterocycles. The Balaban J connectivity index is 1.83. The lowest BCUT2D eigenvalue weighted by molar-refractivity contribution is -0.138. The minimum atomic E-state index is -0.769. The van der Waals surface area contributed by atoms with Gasteiger partial charge in [0.2, 0.25) is 0 Å². The van der Waals surface area contributed by atoms with Gasteiger partial charge >= 0.3 is 5.97 Å². The van der Waals surface area contributed by atoms with Crippen molar-refractivity contribution in [1.82, 2.24) is 4.57 Å². The Bertz CT molecular complexity index is 1820. The Morgan fingerprint density at radius 3 is 2.49 bits per heavy atom. The molecule has 4 aromatic rings. The Morgan fingerprint density at radius 1 is 1.15 bits per heavy atom. The molecule has 0 radical (unpaired) electrons. The van der Waals surface area contributed by atoms with E-state index in [4.69, 9.17) is 14.5 Å². The topological polar surface area (TPSA) is 90.1 Å². The maximum Gasteiger partial charge on any atom is 0.338 e. The summed E-state index contributed by atoms with van der Waals surface area (Å²) in [6, 6.07) is 20.0. The smallest absolute Gasteiger partial charge is 0.338 e. The Labute approximate surface area is 249 Å². The standard InChI is InChI=1S/C32H29BrN2O5S/c1-5-40-31(38)26-27(20-9-7-6-8-10-20)34-32-35(28(26)21-13-11-19(12-14-21)18(2)3)30(37)25(41-32)16-22-15-23(33)17-24(39-4)29(22)36/h6-18,28,36H,5H2,1-4H3/b25-16-/t28-/m1/s1. The molecule has 2 heterocycles. The second kappa shape index (κ2) is 11.9. The lowest BCUT2D eigenvalue weighted by Gasteiger charge is -2.26. The van der Waals surface area contributed by atoms with Crippen LogP contribution in [0.1, 0.15) is 55.0 Å². The van der Waals surface area contributed by atoms with Crippen molar-refractivity contribution in [3.05, 3.63) is 119 Å². The van der Waals surface area contributed by atoms with Crippen molar-refractivity contribution in [3.63, 3.8) is 0 Å². The minimum Gasteiger partial charge on any atom is -0.504 e. The van der Waals surface area contributed by atoms with Gasteiger partial charge in [0.25, 0.3) is 5.56 Å². The number of ether oxygens (including phenoxy) is 2. The molecule has 0 amide bonds. The van der Waals surface area contributed by atoms with Crippen LogP contribution < -0.4 is 19.6 Å². The van der Waals surface area contributed by atoms with Crippen LogP contribution in [0.2, 0.25) is 0 Å². The Kier molecular flexibility index (Phi) is 8.28. The molecule has 5 rings (SSSR count). The fourth-order valence-electron chi connectivity index (χ4n) is 4.82. The maximum absolute atomic E-state index is 14.1. The SMILES string of the molecule is CCOC(=O)C1=C(c2ccccc2)N=c2s/c(=C\c3cc(Br)cc(OC)c3O)c(=O)n2[C@@H]1c1ccc(C(C)C)cc1. The molecule has 9 heteroatoms. The van der Waals surface area contributed by atoms with Gasteiger partial charge in [-0.05, 0) is 42.2 Å². The number of aromatic hydroxyl groups is 1. The summed E-state index contributed by atoms with van der Waals surface area (Å²) in [6.07, 6.45) is 1.61. The molecule has 0 saturated carbocycles. The van der Waals surface area contributed by atoms with Crippen LogP contribution in [0.15, 0.2) is 86.6 Å². The third-order valence-electron chi connectivity index (χ3n) is 6.87. The fourth-order valence-corrected chi connectivity index (χ4v) is 6.27. The first-order valence-electron chi connectivity index (χ1n) is 13.2. The van der Waals surface area contributed by atoms with Crippen LogP contribution in [-0.2, 0) is 9.53 Å². The summed E-state index contributed by atoms with van der Waals surface area (Å²) in [4.78, 5) is 33.0. The van der Waals surface area contributed by atoms with Gasteiger partial charge < -0.3 is 14.6 Å². The number of aromatic nitrogens is 1. The van der Waals surface area contributed by atoms with Crippen molar-refractivity contribution in [2.45, 2.75) is 32.7 Å². The van der Waals surface area contributed by atoms with Crippen LogP contribution in [0.4, 0.5) is 0 Å². The van der Waals surface area contributed by atoms with Gasteiger partial charge in [0.15, 0.2) is 16.3 Å². The number of hydrogen-bond acceptors (Lipinski definition) is 7. The first-order valence-corrected chi connectivity index (χ1v) is 14.8. The van der Waals surface area contributed by atoms with E-state index in [2.05, 4.69) is 29.8 Å². The van der Waals surface area contributed by atoms with Crippen LogP contribution in [0.25, 0.3) is 11.8 Å². The molecular formula is C32H29BrN2O5S. The van der Waals surface area contributed by atoms with Gasteiger partial charge in [-0.2, -0.15) is 0 Å². The number of fused-ring (bicyclic) bond motifs is 1. The molecule has 0 unspecified atom stereocenters. The van der Waals surface area contributed by atoms with Gasteiger partial charge in [-0.25, -0.2) is 9.79 Å². The van der Waals surface area contributed by atoms with E-state index in [0.717, 1.165) is 16.7 Å². The molecule has 1 aliphatic heterocycles. The van der Waals surface area contributed by atoms with Crippen LogP contribution in [-0.4, -0.2) is 29.4 Å². The van der Waals surface area contributed by atoms with E-state index in [9.17, 15) is 14.7 Å². The second-order valence-corrected chi connectivity index (χ2v) is 11.7. The number of thiazole rings is 1. The summed E-state index contributed by atoms with van der Waals surface area (Å²) in [7, 11) is 1.46. The number of hydrogen-bond donors (Lipinski definition) is 1. The summed E-state index contributed by atoms with van der Waals surface area (Å²) in [5.74, 6) is -0.0189. The molecule has 3 aromatic carbocycles. The van der Waals surface area contributed by atoms with E-state index >= 15 is 0 Å². The number of halogens is 1. The summed E-state index contributed by atoms with van der Waals surface area (Å²) in [5, 5.41) is 10.8. The number of rotatable bonds is 7. The number of nitrogens with zero attached hydrogens (tertiary/aromatic N) is 2. The highest BCUT2D eigenvalue weighted by molar-refractivity contribution is 9.10. The van der Waals surface area contributed by atoms with Gasteiger partial charge in [0.05, 0.1) is 35.6 Å². The highest BCUT2D eigenvalue weighted by atomic mass is 79.9. The van der Waals surface area contributed by atoms with Gasteiger partial charge in [0.1, 0.15) is 0 Å². The molecule has 0 fully saturated rings. The Morgan fingerprint density at radius 2 is 1.85 bits per heavy atom. The maximum atomic E-state index is 14.1. The predicted molar refractivity (Wildman–Crippen MR) is 164 cm³/mol. The average molecular weight is 634 g/mol. The minimum absolute atomic E-state index is 0.0838. The molecular weight excluding hydrogens is 604 g/mol. The van der Waals surface area contributed by atoms with E-state index in [1.54, 1.807) is 29.7 Å². The molecule has 0 bridgehead atoms. The summed E-state index contributed by atoms with van der Waals surface area (Å²) >= 11 is 4.63. The average Bonchev–Trinajstić information content (AvgIpc) is 3.28. The van der Waals surface area contributed by atoms with Crippen molar-refractivity contribution < 1.29 is 19.4 Å². The van der Waals surface area contributed by atoms with Crippen LogP contribution >= 0.6 is 27.3 Å². The lowest BCUT2D eigenvalue weighted by atomic mass is 9.91. The normalized spacial score (nSPS) is 15.1. The molecule has 1 aromatic heterocycles. The zero-order valence-corrected chi connectivity index (χ0v) is 25.5. The molecule has 1 aliphatic rings. The molecule has 1 atom stereocenters. The fraction of sp³-hybridized carbons (Fsp3) is 0.219. The number of benzene rings is 3. The van der Waals surface area contributed by atoms with Crippen LogP contribution in [0.3, 0.4) is 0 Å². The van der Waals surface area contributed by atoms with E-state index in [-0.39, 0.29) is 23.7 Å². The van der Waals surface area contributed by atoms with Crippen molar-refractivity contribution in [1.29, 1.82) is 0 Å². The number of phenolic OH excluding ortho intramolecular Hbond substituents is 1. The van der Waals surface area contributed by atoms with E-state index in [1.165, 1.54) is 18.4 Å². The lowest BCUT2D eigenvalue weighted by Crippen LogP contribution is -2.40. The number of methoxy groups -OCH3 is 1. The van der Waals surface area contributed by atoms with Crippen molar-refractivity contribution in [2.75, 3.05) is 13.7 Å². The summed E-state index contributed by atoms with van der Waals surface area (Å²) in [6.45, 7) is 6.16. The first-order chi connectivity index (χ1) is 19.7. The number of esters is 1. The third kappa shape index (κ3) is 5.52. The third-order valence-corrected chi connectivity index (χ3v) is 8.31. The van der Waals surface area contributed by atoms with E-state index in [1.807, 2.05) is 54.6 Å². The largest absolute Gasteiger partial charge is 0.504 e. The van der Waals surface area contributed by atoms with Crippen molar-refractivity contribution >= 4 is 45.0 Å². The second-order valence-electron chi connectivity index (χ2n) is 9.80. The molecule has 7 nitrogen and oxygen atoms in total. The highest BCUT2D eigenvalue weighted by Gasteiger charge is 2.35. The zero-order valence-electron chi connectivity index (χ0n) is 23.1. The summed E-state index contributed by atoms with van der Waals surface area (Å²) in [5.41, 5.74) is 3.48. The molecule has 1 N–H and O–H groups in total. The van der Waals surface area contributed by atoms with E-state index in [0.29, 0.717) is 36.6 Å². The molecule has 41 heavy (non-hydrogen) atoms. The first kappa shape index (κ1) is 28.6. The van der Waals surface area contributed by atoms with Crippen LogP contribution in [0.5, 0.6) is 11.5 Å². The predicted octanol–water partition coefficient (Wildman–Crippen LogP) is 5.54. The number of carbonyl (C=O) groups is 1. The van der Waals surface area contributed by atoms with Gasteiger partial charge in [-0.3, -0.25) is 9.36 Å². The molecule has 210 valence electrons. The van der Waals surface area contributed by atoms with E-state index < -0.39 is 12.0 Å². The number of carbonyl (C=O) groups excluding carboxylic acids is 1. The van der Waals surface area contributed by atoms with Gasteiger partial charge in [-0.1, -0.05) is 95.7 Å². The Hall–Kier alpha value is -3.95. The van der Waals surface area contributed by atoms with Crippen LogP contribution in [0, 0.1) is 0 Å².